The van der Waals surface area contributed by atoms with Crippen LogP contribution in [0.3, 0.4) is 0 Å². The molecule has 0 unspecified atom stereocenters. The van der Waals surface area contributed by atoms with Gasteiger partial charge in [-0.05, 0) is 33.3 Å². The number of thiophene rings is 1. The van der Waals surface area contributed by atoms with Crippen LogP contribution in [0.5, 0.6) is 0 Å². The Morgan fingerprint density at radius 1 is 1.44 bits per heavy atom. The third-order valence-corrected chi connectivity index (χ3v) is 4.12. The Hall–Kier alpha value is -0.720. The van der Waals surface area contributed by atoms with E-state index in [-0.39, 0.29) is 18.9 Å². The van der Waals surface area contributed by atoms with Gasteiger partial charge in [-0.2, -0.15) is 0 Å². The number of carbonyl (C=O) groups excluding carboxylic acids is 2. The fourth-order valence-electron chi connectivity index (χ4n) is 1.69. The highest BCUT2D eigenvalue weighted by atomic mass is 79.9. The normalized spacial score (nSPS) is 11.2. The van der Waals surface area contributed by atoms with E-state index in [0.717, 1.165) is 4.47 Å². The first-order valence-electron chi connectivity index (χ1n) is 5.67. The average Bonchev–Trinajstić information content (AvgIpc) is 2.61. The van der Waals surface area contributed by atoms with Gasteiger partial charge in [-0.3, -0.25) is 14.5 Å². The molecule has 0 aliphatic heterocycles. The molecule has 18 heavy (non-hydrogen) atoms. The summed E-state index contributed by atoms with van der Waals surface area (Å²) in [6, 6.07) is 1.85. The first-order valence-corrected chi connectivity index (χ1v) is 7.34. The molecule has 0 radical (unpaired) electrons. The molecule has 0 saturated carbocycles. The fraction of sp³-hybridized carbons (Fsp3) is 0.500. The molecule has 1 aromatic rings. The van der Waals surface area contributed by atoms with E-state index in [1.165, 1.54) is 11.3 Å². The molecule has 1 rings (SSSR count). The third-order valence-electron chi connectivity index (χ3n) is 2.24. The maximum absolute atomic E-state index is 12.1. The van der Waals surface area contributed by atoms with Gasteiger partial charge in [-0.15, -0.1) is 11.3 Å². The van der Waals surface area contributed by atoms with Crippen LogP contribution in [-0.2, 0) is 4.79 Å². The van der Waals surface area contributed by atoms with Crippen LogP contribution in [0, 0.1) is 5.92 Å². The van der Waals surface area contributed by atoms with Crippen molar-refractivity contribution in [1.82, 2.24) is 4.90 Å². The molecule has 0 aliphatic carbocycles. The second-order valence-corrected chi connectivity index (χ2v) is 6.32. The number of carbonyl (C=O) groups is 2. The van der Waals surface area contributed by atoms with E-state index in [4.69, 9.17) is 5.73 Å². The standard InChI is InChI=1S/C12H17BrN2O2S/c1-8(2)5-15(7-11(14)17)6-10(16)12-9(13)3-4-18-12/h3-4,8H,5-7H2,1-2H3,(H2,14,17). The first kappa shape index (κ1) is 15.3. The van der Waals surface area contributed by atoms with Crippen LogP contribution >= 0.6 is 27.3 Å². The first-order chi connectivity index (χ1) is 8.40. The Kier molecular flexibility index (Phi) is 5.98. The van der Waals surface area contributed by atoms with E-state index in [9.17, 15) is 9.59 Å². The highest BCUT2D eigenvalue weighted by Crippen LogP contribution is 2.23. The van der Waals surface area contributed by atoms with Gasteiger partial charge in [0.1, 0.15) is 0 Å². The van der Waals surface area contributed by atoms with Crippen LogP contribution in [0.4, 0.5) is 0 Å². The quantitative estimate of drug-likeness (QED) is 0.778. The summed E-state index contributed by atoms with van der Waals surface area (Å²) in [6.07, 6.45) is 0. The molecular weight excluding hydrogens is 316 g/mol. The number of rotatable bonds is 7. The third kappa shape index (κ3) is 4.88. The molecule has 4 nitrogen and oxygen atoms in total. The van der Waals surface area contributed by atoms with Gasteiger partial charge in [0, 0.05) is 11.0 Å². The Morgan fingerprint density at radius 2 is 2.11 bits per heavy atom. The summed E-state index contributed by atoms with van der Waals surface area (Å²) in [7, 11) is 0. The number of halogens is 1. The summed E-state index contributed by atoms with van der Waals surface area (Å²) in [6.45, 7) is 5.10. The number of hydrogen-bond donors (Lipinski definition) is 1. The van der Waals surface area contributed by atoms with Crippen molar-refractivity contribution in [1.29, 1.82) is 0 Å². The molecule has 0 fully saturated rings. The lowest BCUT2D eigenvalue weighted by atomic mass is 10.2. The summed E-state index contributed by atoms with van der Waals surface area (Å²) in [5.41, 5.74) is 5.19. The van der Waals surface area contributed by atoms with Crippen LogP contribution in [-0.4, -0.2) is 36.2 Å². The Bertz CT molecular complexity index is 431. The SMILES string of the molecule is CC(C)CN(CC(N)=O)CC(=O)c1sccc1Br. The summed E-state index contributed by atoms with van der Waals surface area (Å²) >= 11 is 4.74. The number of amides is 1. The minimum atomic E-state index is -0.409. The molecule has 0 aromatic carbocycles. The second kappa shape index (κ2) is 7.01. The molecule has 100 valence electrons. The number of ketones is 1. The van der Waals surface area contributed by atoms with Gasteiger partial charge in [0.25, 0.3) is 0 Å². The zero-order valence-corrected chi connectivity index (χ0v) is 12.9. The Labute approximate surface area is 119 Å². The lowest BCUT2D eigenvalue weighted by molar-refractivity contribution is -0.119. The van der Waals surface area contributed by atoms with E-state index in [1.54, 1.807) is 4.90 Å². The second-order valence-electron chi connectivity index (χ2n) is 4.55. The average molecular weight is 333 g/mol. The lowest BCUT2D eigenvalue weighted by Crippen LogP contribution is -2.39. The number of nitrogens with two attached hydrogens (primary N) is 1. The van der Waals surface area contributed by atoms with Crippen molar-refractivity contribution in [3.05, 3.63) is 20.8 Å². The van der Waals surface area contributed by atoms with Crippen molar-refractivity contribution in [2.45, 2.75) is 13.8 Å². The fourth-order valence-corrected chi connectivity index (χ4v) is 3.21. The zero-order chi connectivity index (χ0) is 13.7. The van der Waals surface area contributed by atoms with Crippen LogP contribution in [0.2, 0.25) is 0 Å². The van der Waals surface area contributed by atoms with Gasteiger partial charge in [0.15, 0.2) is 5.78 Å². The molecule has 0 bridgehead atoms. The van der Waals surface area contributed by atoms with Gasteiger partial charge in [-0.25, -0.2) is 0 Å². The Balaban J connectivity index is 2.68. The zero-order valence-electron chi connectivity index (χ0n) is 10.5. The van der Waals surface area contributed by atoms with Crippen molar-refractivity contribution in [2.24, 2.45) is 11.7 Å². The van der Waals surface area contributed by atoms with Crippen LogP contribution in [0.1, 0.15) is 23.5 Å². The van der Waals surface area contributed by atoms with Crippen LogP contribution in [0.25, 0.3) is 0 Å². The molecule has 1 aromatic heterocycles. The predicted molar refractivity (Wildman–Crippen MR) is 76.8 cm³/mol. The van der Waals surface area contributed by atoms with Gasteiger partial charge < -0.3 is 5.73 Å². The number of primary amides is 1. The monoisotopic (exact) mass is 332 g/mol. The highest BCUT2D eigenvalue weighted by molar-refractivity contribution is 9.10. The van der Waals surface area contributed by atoms with E-state index < -0.39 is 5.91 Å². The molecule has 6 heteroatoms. The van der Waals surface area contributed by atoms with Gasteiger partial charge in [0.05, 0.1) is 18.0 Å². The molecule has 2 N–H and O–H groups in total. The molecule has 1 heterocycles. The van der Waals surface area contributed by atoms with Crippen molar-refractivity contribution < 1.29 is 9.59 Å². The van der Waals surface area contributed by atoms with E-state index in [0.29, 0.717) is 17.3 Å². The number of Topliss-reactive ketones (excluding diaryl/α,β-unsaturated/α-hetero) is 1. The predicted octanol–water partition coefficient (Wildman–Crippen LogP) is 2.14. The highest BCUT2D eigenvalue weighted by Gasteiger charge is 2.18. The molecular formula is C12H17BrN2O2S. The lowest BCUT2D eigenvalue weighted by Gasteiger charge is -2.21. The van der Waals surface area contributed by atoms with Gasteiger partial charge >= 0.3 is 0 Å². The summed E-state index contributed by atoms with van der Waals surface area (Å²) in [4.78, 5) is 25.6. The summed E-state index contributed by atoms with van der Waals surface area (Å²) in [5, 5.41) is 1.86. The summed E-state index contributed by atoms with van der Waals surface area (Å²) in [5.74, 6) is -0.0172. The topological polar surface area (TPSA) is 63.4 Å². The van der Waals surface area contributed by atoms with E-state index in [2.05, 4.69) is 15.9 Å². The minimum Gasteiger partial charge on any atom is -0.369 e. The van der Waals surface area contributed by atoms with E-state index >= 15 is 0 Å². The molecule has 1 amide bonds. The molecule has 0 spiro atoms. The maximum atomic E-state index is 12.1. The van der Waals surface area contributed by atoms with Crippen molar-refractivity contribution in [3.8, 4) is 0 Å². The van der Waals surface area contributed by atoms with Gasteiger partial charge in [0.2, 0.25) is 5.91 Å². The van der Waals surface area contributed by atoms with Crippen LogP contribution in [0.15, 0.2) is 15.9 Å². The molecule has 0 aliphatic rings. The Morgan fingerprint density at radius 3 is 2.56 bits per heavy atom. The number of hydrogen-bond acceptors (Lipinski definition) is 4. The van der Waals surface area contributed by atoms with E-state index in [1.807, 2.05) is 25.3 Å². The maximum Gasteiger partial charge on any atom is 0.231 e. The van der Waals surface area contributed by atoms with Crippen molar-refractivity contribution in [3.63, 3.8) is 0 Å². The number of nitrogens with zero attached hydrogens (tertiary/aromatic N) is 1. The van der Waals surface area contributed by atoms with Crippen molar-refractivity contribution >= 4 is 39.0 Å². The van der Waals surface area contributed by atoms with Crippen LogP contribution < -0.4 is 5.73 Å². The summed E-state index contributed by atoms with van der Waals surface area (Å²) < 4.78 is 0.807. The minimum absolute atomic E-state index is 0.0128. The van der Waals surface area contributed by atoms with Crippen molar-refractivity contribution in [2.75, 3.05) is 19.6 Å². The molecule has 0 saturated heterocycles. The smallest absolute Gasteiger partial charge is 0.231 e. The largest absolute Gasteiger partial charge is 0.369 e. The van der Waals surface area contributed by atoms with Gasteiger partial charge in [-0.1, -0.05) is 13.8 Å². The molecule has 0 atom stereocenters.